The third-order valence-electron chi connectivity index (χ3n) is 14.0. The van der Waals surface area contributed by atoms with Gasteiger partial charge in [0.05, 0.1) is 32.0 Å². The summed E-state index contributed by atoms with van der Waals surface area (Å²) in [7, 11) is 0. The Hall–Kier alpha value is -1.09. The molecule has 68 heavy (non-hydrogen) atoms. The Balaban J connectivity index is 1.86. The Morgan fingerprint density at radius 2 is 0.868 bits per heavy atom. The van der Waals surface area contributed by atoms with Crippen molar-refractivity contribution < 1.29 is 74.8 Å². The summed E-state index contributed by atoms with van der Waals surface area (Å²) in [5, 5.41) is 109. The van der Waals surface area contributed by atoms with Crippen molar-refractivity contribution in [2.75, 3.05) is 19.8 Å². The summed E-state index contributed by atoms with van der Waals surface area (Å²) < 4.78 is 22.5. The van der Waals surface area contributed by atoms with Gasteiger partial charge in [-0.1, -0.05) is 206 Å². The van der Waals surface area contributed by atoms with Gasteiger partial charge in [-0.3, -0.25) is 4.79 Å². The first-order valence-electron chi connectivity index (χ1n) is 27.5. The molecule has 16 nitrogen and oxygen atoms in total. The number of carbonyl (C=O) groups excluding carboxylic acids is 1. The molecular formula is C52H101NO15. The zero-order valence-electron chi connectivity index (χ0n) is 42.3. The Morgan fingerprint density at radius 3 is 1.29 bits per heavy atom. The molecule has 0 saturated carbocycles. The van der Waals surface area contributed by atoms with Crippen LogP contribution in [0.4, 0.5) is 0 Å². The number of carbonyl (C=O) groups is 1. The molecule has 16 heteroatoms. The summed E-state index contributed by atoms with van der Waals surface area (Å²) in [6.45, 7) is 2.43. The molecule has 14 atom stereocenters. The molecule has 1 amide bonds. The third-order valence-corrected chi connectivity index (χ3v) is 14.0. The lowest BCUT2D eigenvalue weighted by molar-refractivity contribution is -0.359. The maximum atomic E-state index is 13.3. The summed E-state index contributed by atoms with van der Waals surface area (Å²) in [4.78, 5) is 13.3. The molecule has 2 fully saturated rings. The zero-order valence-corrected chi connectivity index (χ0v) is 42.3. The molecule has 0 aromatic rings. The van der Waals surface area contributed by atoms with E-state index in [9.17, 15) is 55.9 Å². The zero-order chi connectivity index (χ0) is 49.9. The number of nitrogens with one attached hydrogen (secondary N) is 1. The van der Waals surface area contributed by atoms with Crippen LogP contribution >= 0.6 is 0 Å². The van der Waals surface area contributed by atoms with Gasteiger partial charge in [-0.25, -0.2) is 0 Å². The van der Waals surface area contributed by atoms with E-state index < -0.39 is 111 Å². The Morgan fingerprint density at radius 1 is 0.485 bits per heavy atom. The van der Waals surface area contributed by atoms with Crippen LogP contribution in [0.5, 0.6) is 0 Å². The molecule has 0 bridgehead atoms. The van der Waals surface area contributed by atoms with Gasteiger partial charge in [0, 0.05) is 0 Å². The van der Waals surface area contributed by atoms with Crippen LogP contribution in [-0.2, 0) is 23.7 Å². The van der Waals surface area contributed by atoms with Gasteiger partial charge in [0.25, 0.3) is 0 Å². The summed E-state index contributed by atoms with van der Waals surface area (Å²) in [6, 6.07) is -1.27. The maximum absolute atomic E-state index is 13.3. The minimum absolute atomic E-state index is 0.209. The number of aliphatic hydroxyl groups is 10. The van der Waals surface area contributed by atoms with Crippen molar-refractivity contribution in [1.82, 2.24) is 5.32 Å². The van der Waals surface area contributed by atoms with E-state index in [2.05, 4.69) is 19.2 Å². The van der Waals surface area contributed by atoms with Crippen molar-refractivity contribution in [2.45, 2.75) is 305 Å². The molecule has 404 valence electrons. The molecule has 2 aliphatic rings. The van der Waals surface area contributed by atoms with E-state index in [-0.39, 0.29) is 12.8 Å². The predicted molar refractivity (Wildman–Crippen MR) is 261 cm³/mol. The van der Waals surface area contributed by atoms with Crippen LogP contribution in [0.15, 0.2) is 0 Å². The molecular weight excluding hydrogens is 879 g/mol. The average molecular weight is 980 g/mol. The number of aliphatic hydroxyl groups excluding tert-OH is 10. The topological polar surface area (TPSA) is 268 Å². The molecule has 2 saturated heterocycles. The van der Waals surface area contributed by atoms with Crippen LogP contribution in [0.1, 0.15) is 219 Å². The molecule has 11 N–H and O–H groups in total. The summed E-state index contributed by atoms with van der Waals surface area (Å²) in [6.07, 6.45) is 15.4. The van der Waals surface area contributed by atoms with Crippen molar-refractivity contribution in [3.05, 3.63) is 0 Å². The van der Waals surface area contributed by atoms with E-state index in [0.717, 1.165) is 44.9 Å². The molecule has 0 aromatic heterocycles. The van der Waals surface area contributed by atoms with E-state index >= 15 is 0 Å². The van der Waals surface area contributed by atoms with Gasteiger partial charge in [0.2, 0.25) is 5.91 Å². The lowest BCUT2D eigenvalue weighted by atomic mass is 9.97. The Kier molecular flexibility index (Phi) is 36.6. The summed E-state index contributed by atoms with van der Waals surface area (Å²) in [5.74, 6) is -0.756. The van der Waals surface area contributed by atoms with Crippen LogP contribution in [0, 0.1) is 0 Å². The quantitative estimate of drug-likeness (QED) is 0.0327. The van der Waals surface area contributed by atoms with Crippen LogP contribution in [0.25, 0.3) is 0 Å². The predicted octanol–water partition coefficient (Wildman–Crippen LogP) is 5.72. The van der Waals surface area contributed by atoms with E-state index in [4.69, 9.17) is 18.9 Å². The molecule has 0 unspecified atom stereocenters. The fourth-order valence-electron chi connectivity index (χ4n) is 9.40. The lowest BCUT2D eigenvalue weighted by Crippen LogP contribution is -2.65. The molecule has 0 radical (unpaired) electrons. The van der Waals surface area contributed by atoms with E-state index in [1.807, 2.05) is 0 Å². The number of rotatable bonds is 43. The Bertz CT molecular complexity index is 1190. The van der Waals surface area contributed by atoms with Gasteiger partial charge in [-0.2, -0.15) is 0 Å². The van der Waals surface area contributed by atoms with E-state index in [0.29, 0.717) is 12.8 Å². The molecule has 2 aliphatic heterocycles. The van der Waals surface area contributed by atoms with Crippen LogP contribution in [0.3, 0.4) is 0 Å². The molecule has 0 aromatic carbocycles. The standard InChI is InChI=1S/C52H101NO15/c1-3-5-7-9-11-13-15-17-18-19-20-21-22-24-26-28-30-32-34-40(57)50(64)53-38(43(58)39(56)33-31-29-27-25-23-16-14-12-10-8-6-4-2)37-65-51-48(63)46(61)49(42(36-55)67-51)68-52-47(62)45(60)44(59)41(35-54)66-52/h38-49,51-52,54-63H,3-37H2,1-2H3,(H,53,64)/t38-,39+,40+,41+,42+,43-,44-,45-,46+,47+,48+,49+,51+,52-/m0/s1. The fraction of sp³-hybridized carbons (Fsp3) is 0.981. The highest BCUT2D eigenvalue weighted by Crippen LogP contribution is 2.30. The minimum atomic E-state index is -1.85. The first kappa shape index (κ1) is 63.0. The first-order valence-corrected chi connectivity index (χ1v) is 27.5. The largest absolute Gasteiger partial charge is 0.394 e. The number of amides is 1. The molecule has 0 aliphatic carbocycles. The fourth-order valence-corrected chi connectivity index (χ4v) is 9.40. The second-order valence-electron chi connectivity index (χ2n) is 20.0. The van der Waals surface area contributed by atoms with E-state index in [1.54, 1.807) is 0 Å². The van der Waals surface area contributed by atoms with Crippen molar-refractivity contribution in [3.63, 3.8) is 0 Å². The van der Waals surface area contributed by atoms with Crippen LogP contribution < -0.4 is 5.32 Å². The number of hydrogen-bond acceptors (Lipinski definition) is 15. The van der Waals surface area contributed by atoms with Crippen molar-refractivity contribution in [1.29, 1.82) is 0 Å². The molecule has 0 spiro atoms. The van der Waals surface area contributed by atoms with Gasteiger partial charge in [0.15, 0.2) is 12.6 Å². The van der Waals surface area contributed by atoms with Gasteiger partial charge in [0.1, 0.15) is 61.0 Å². The highest BCUT2D eigenvalue weighted by atomic mass is 16.7. The van der Waals surface area contributed by atoms with Crippen molar-refractivity contribution >= 4 is 5.91 Å². The summed E-state index contributed by atoms with van der Waals surface area (Å²) >= 11 is 0. The third kappa shape index (κ3) is 25.5. The van der Waals surface area contributed by atoms with Crippen molar-refractivity contribution in [3.8, 4) is 0 Å². The summed E-state index contributed by atoms with van der Waals surface area (Å²) in [5.41, 5.74) is 0. The van der Waals surface area contributed by atoms with Gasteiger partial charge in [-0.05, 0) is 12.8 Å². The van der Waals surface area contributed by atoms with E-state index in [1.165, 1.54) is 135 Å². The second-order valence-corrected chi connectivity index (χ2v) is 20.0. The normalized spacial score (nSPS) is 27.2. The molecule has 2 heterocycles. The number of ether oxygens (including phenoxy) is 4. The molecule has 2 rings (SSSR count). The highest BCUT2D eigenvalue weighted by molar-refractivity contribution is 5.80. The van der Waals surface area contributed by atoms with Gasteiger partial charge in [-0.15, -0.1) is 0 Å². The van der Waals surface area contributed by atoms with Crippen LogP contribution in [0.2, 0.25) is 0 Å². The van der Waals surface area contributed by atoms with Crippen molar-refractivity contribution in [2.24, 2.45) is 0 Å². The second kappa shape index (κ2) is 39.4. The highest BCUT2D eigenvalue weighted by Gasteiger charge is 2.51. The maximum Gasteiger partial charge on any atom is 0.249 e. The van der Waals surface area contributed by atoms with Crippen LogP contribution in [-0.4, -0.2) is 163 Å². The lowest BCUT2D eigenvalue weighted by Gasteiger charge is -2.46. The number of hydrogen-bond donors (Lipinski definition) is 11. The van der Waals surface area contributed by atoms with Gasteiger partial charge >= 0.3 is 0 Å². The average Bonchev–Trinajstić information content (AvgIpc) is 3.34. The van der Waals surface area contributed by atoms with Gasteiger partial charge < -0.3 is 75.3 Å². The Labute approximate surface area is 409 Å². The monoisotopic (exact) mass is 980 g/mol. The minimum Gasteiger partial charge on any atom is -0.394 e. The number of unbranched alkanes of at least 4 members (excludes halogenated alkanes) is 28. The SMILES string of the molecule is CCCCCCCCCCCCCCCCCCCC[C@@H](O)C(=O)N[C@@H](CO[C@@H]1O[C@H](CO)[C@@H](O[C@@H]2O[C@H](CO)[C@H](O)[C@H](O)[C@H]2O)[C@H](O)[C@H]1O)[C@H](O)[C@H](O)CCCCCCCCCCCCCC. The first-order chi connectivity index (χ1) is 32.9. The smallest absolute Gasteiger partial charge is 0.249 e.